The molecule has 0 bridgehead atoms. The maximum atomic E-state index is 12.0. The van der Waals surface area contributed by atoms with Gasteiger partial charge in [0.2, 0.25) is 0 Å². The number of rotatable bonds is 3. The lowest BCUT2D eigenvalue weighted by molar-refractivity contribution is -0.138. The van der Waals surface area contributed by atoms with Gasteiger partial charge in [-0.3, -0.25) is 0 Å². The quantitative estimate of drug-likeness (QED) is 0.797. The van der Waals surface area contributed by atoms with E-state index in [1.165, 1.54) is 20.5 Å². The van der Waals surface area contributed by atoms with Crippen molar-refractivity contribution in [2.45, 2.75) is 26.7 Å². The van der Waals surface area contributed by atoms with Gasteiger partial charge in [0.05, 0.1) is 13.7 Å². The first-order valence-corrected chi connectivity index (χ1v) is 7.94. The van der Waals surface area contributed by atoms with E-state index >= 15 is 0 Å². The van der Waals surface area contributed by atoms with Crippen LogP contribution >= 0.6 is 11.3 Å². The molecular weight excluding hydrogens is 284 g/mol. The molecule has 3 nitrogen and oxygen atoms in total. The van der Waals surface area contributed by atoms with Gasteiger partial charge in [0.15, 0.2) is 0 Å². The Morgan fingerprint density at radius 2 is 2.14 bits per heavy atom. The smallest absolute Gasteiger partial charge is 0.334 e. The van der Waals surface area contributed by atoms with Crippen LogP contribution in [0, 0.1) is 0 Å². The molecule has 21 heavy (non-hydrogen) atoms. The Balaban J connectivity index is 2.11. The summed E-state index contributed by atoms with van der Waals surface area (Å²) in [5.74, 6) is 0.698. The third-order valence-corrected chi connectivity index (χ3v) is 5.25. The van der Waals surface area contributed by atoms with Crippen molar-refractivity contribution in [3.05, 3.63) is 34.2 Å². The van der Waals surface area contributed by atoms with Crippen molar-refractivity contribution in [2.75, 3.05) is 13.7 Å². The highest BCUT2D eigenvalue weighted by Crippen LogP contribution is 2.42. The van der Waals surface area contributed by atoms with E-state index in [0.717, 1.165) is 29.7 Å². The minimum absolute atomic E-state index is 0.171. The van der Waals surface area contributed by atoms with Crippen LogP contribution in [0.3, 0.4) is 0 Å². The van der Waals surface area contributed by atoms with Gasteiger partial charge < -0.3 is 9.47 Å². The van der Waals surface area contributed by atoms with Gasteiger partial charge in [-0.1, -0.05) is 0 Å². The molecule has 0 unspecified atom stereocenters. The van der Waals surface area contributed by atoms with Crippen LogP contribution in [0.2, 0.25) is 0 Å². The van der Waals surface area contributed by atoms with E-state index in [2.05, 4.69) is 12.1 Å². The Morgan fingerprint density at radius 3 is 2.86 bits per heavy atom. The molecule has 3 rings (SSSR count). The van der Waals surface area contributed by atoms with Gasteiger partial charge in [-0.25, -0.2) is 4.79 Å². The first-order valence-electron chi connectivity index (χ1n) is 7.12. The minimum atomic E-state index is -0.171. The highest BCUT2D eigenvalue weighted by Gasteiger charge is 2.25. The summed E-state index contributed by atoms with van der Waals surface area (Å²) in [6.07, 6.45) is 1.66. The zero-order chi connectivity index (χ0) is 15.0. The molecule has 0 saturated carbocycles. The molecule has 0 atom stereocenters. The maximum Gasteiger partial charge on any atom is 0.334 e. The lowest BCUT2D eigenvalue weighted by Crippen LogP contribution is -2.13. The molecule has 0 fully saturated rings. The highest BCUT2D eigenvalue weighted by molar-refractivity contribution is 7.20. The first kappa shape index (κ1) is 14.1. The summed E-state index contributed by atoms with van der Waals surface area (Å²) >= 11 is 1.73. The summed E-state index contributed by atoms with van der Waals surface area (Å²) in [7, 11) is 1.68. The molecule has 1 aliphatic carbocycles. The summed E-state index contributed by atoms with van der Waals surface area (Å²) in [5, 5.41) is 1.28. The number of hydrogen-bond acceptors (Lipinski definition) is 4. The lowest BCUT2D eigenvalue weighted by atomic mass is 9.90. The van der Waals surface area contributed by atoms with E-state index in [1.807, 2.05) is 19.9 Å². The monoisotopic (exact) mass is 302 g/mol. The summed E-state index contributed by atoms with van der Waals surface area (Å²) in [5.41, 5.74) is 3.24. The number of carbonyl (C=O) groups is 1. The van der Waals surface area contributed by atoms with Crippen molar-refractivity contribution in [2.24, 2.45) is 0 Å². The zero-order valence-electron chi connectivity index (χ0n) is 12.5. The van der Waals surface area contributed by atoms with Gasteiger partial charge in [-0.2, -0.15) is 0 Å². The predicted octanol–water partition coefficient (Wildman–Crippen LogP) is 4.19. The number of fused-ring (bicyclic) bond motifs is 3. The minimum Gasteiger partial charge on any atom is -0.497 e. The highest BCUT2D eigenvalue weighted by atomic mass is 32.1. The Hall–Kier alpha value is -1.81. The van der Waals surface area contributed by atoms with E-state index < -0.39 is 0 Å². The van der Waals surface area contributed by atoms with Gasteiger partial charge in [0.1, 0.15) is 5.75 Å². The SMILES string of the molecule is CCOC(=O)C1=C(C)c2sc3cc(OC)ccc3c2CC1. The lowest BCUT2D eigenvalue weighted by Gasteiger charge is -2.17. The van der Waals surface area contributed by atoms with Crippen LogP contribution < -0.4 is 4.74 Å². The number of carbonyl (C=O) groups excluding carboxylic acids is 1. The molecule has 1 aromatic heterocycles. The Labute approximate surface area is 128 Å². The van der Waals surface area contributed by atoms with Gasteiger partial charge in [0.25, 0.3) is 0 Å². The number of allylic oxidation sites excluding steroid dienone is 1. The van der Waals surface area contributed by atoms with Crippen LogP contribution in [0.15, 0.2) is 23.8 Å². The Kier molecular flexibility index (Phi) is 3.72. The van der Waals surface area contributed by atoms with Gasteiger partial charge in [0, 0.05) is 15.2 Å². The van der Waals surface area contributed by atoms with Crippen molar-refractivity contribution in [3.63, 3.8) is 0 Å². The number of aryl methyl sites for hydroxylation is 1. The number of ether oxygens (including phenoxy) is 2. The number of hydrogen-bond donors (Lipinski definition) is 0. The molecule has 0 spiro atoms. The molecule has 0 amide bonds. The Bertz CT molecular complexity index is 740. The molecule has 1 aromatic carbocycles. The third kappa shape index (κ3) is 2.33. The maximum absolute atomic E-state index is 12.0. The average Bonchev–Trinajstić information content (AvgIpc) is 2.86. The predicted molar refractivity (Wildman–Crippen MR) is 85.9 cm³/mol. The second-order valence-corrected chi connectivity index (χ2v) is 6.15. The van der Waals surface area contributed by atoms with E-state index in [1.54, 1.807) is 18.4 Å². The van der Waals surface area contributed by atoms with Crippen LogP contribution in [0.5, 0.6) is 5.75 Å². The summed E-state index contributed by atoms with van der Waals surface area (Å²) < 4.78 is 11.7. The normalized spacial score (nSPS) is 14.2. The molecule has 0 N–H and O–H groups in total. The van der Waals surface area contributed by atoms with Crippen LogP contribution in [-0.2, 0) is 16.0 Å². The van der Waals surface area contributed by atoms with E-state index in [0.29, 0.717) is 6.61 Å². The van der Waals surface area contributed by atoms with Crippen molar-refractivity contribution >= 4 is 33.0 Å². The van der Waals surface area contributed by atoms with Crippen LogP contribution in [0.4, 0.5) is 0 Å². The molecule has 1 heterocycles. The molecule has 0 saturated heterocycles. The number of benzene rings is 1. The number of esters is 1. The number of methoxy groups -OCH3 is 1. The fourth-order valence-electron chi connectivity index (χ4n) is 2.86. The first-order chi connectivity index (χ1) is 10.2. The van der Waals surface area contributed by atoms with Crippen molar-refractivity contribution in [1.29, 1.82) is 0 Å². The van der Waals surface area contributed by atoms with Crippen molar-refractivity contribution in [3.8, 4) is 5.75 Å². The molecule has 0 radical (unpaired) electrons. The number of thiophene rings is 1. The van der Waals surface area contributed by atoms with Gasteiger partial charge in [-0.05, 0) is 61.4 Å². The van der Waals surface area contributed by atoms with Crippen molar-refractivity contribution < 1.29 is 14.3 Å². The summed E-state index contributed by atoms with van der Waals surface area (Å²) in [6, 6.07) is 6.18. The topological polar surface area (TPSA) is 35.5 Å². The molecule has 4 heteroatoms. The molecule has 0 aliphatic heterocycles. The van der Waals surface area contributed by atoms with Crippen LogP contribution in [0.25, 0.3) is 15.7 Å². The molecule has 110 valence electrons. The van der Waals surface area contributed by atoms with E-state index in [9.17, 15) is 4.79 Å². The average molecular weight is 302 g/mol. The third-order valence-electron chi connectivity index (χ3n) is 3.94. The Morgan fingerprint density at radius 1 is 1.33 bits per heavy atom. The standard InChI is InChI=1S/C17H18O3S/c1-4-20-17(18)12-7-8-14-13-6-5-11(19-3)9-15(13)21-16(14)10(12)2/h5-6,9H,4,7-8H2,1-3H3. The summed E-state index contributed by atoms with van der Waals surface area (Å²) in [4.78, 5) is 13.3. The van der Waals surface area contributed by atoms with Crippen LogP contribution in [-0.4, -0.2) is 19.7 Å². The molecular formula is C17H18O3S. The van der Waals surface area contributed by atoms with E-state index in [4.69, 9.17) is 9.47 Å². The van der Waals surface area contributed by atoms with E-state index in [-0.39, 0.29) is 5.97 Å². The van der Waals surface area contributed by atoms with Crippen molar-refractivity contribution in [1.82, 2.24) is 0 Å². The second kappa shape index (κ2) is 5.53. The fourth-order valence-corrected chi connectivity index (χ4v) is 4.16. The largest absolute Gasteiger partial charge is 0.497 e. The second-order valence-electron chi connectivity index (χ2n) is 5.10. The molecule has 2 aromatic rings. The van der Waals surface area contributed by atoms with Crippen LogP contribution in [0.1, 0.15) is 30.7 Å². The van der Waals surface area contributed by atoms with Gasteiger partial charge >= 0.3 is 5.97 Å². The molecule has 1 aliphatic rings. The summed E-state index contributed by atoms with van der Waals surface area (Å²) in [6.45, 7) is 4.29. The zero-order valence-corrected chi connectivity index (χ0v) is 13.3. The van der Waals surface area contributed by atoms with Gasteiger partial charge in [-0.15, -0.1) is 11.3 Å². The fraction of sp³-hybridized carbons (Fsp3) is 0.353.